The van der Waals surface area contributed by atoms with E-state index in [0.717, 1.165) is 0 Å². The third-order valence-corrected chi connectivity index (χ3v) is 5.83. The number of hydrogen-bond donors (Lipinski definition) is 0. The summed E-state index contributed by atoms with van der Waals surface area (Å²) in [5.41, 5.74) is 1.46. The van der Waals surface area contributed by atoms with Crippen molar-refractivity contribution in [3.63, 3.8) is 0 Å². The normalized spacial score (nSPS) is 19.6. The zero-order valence-corrected chi connectivity index (χ0v) is 16.9. The first-order valence-corrected chi connectivity index (χ1v) is 9.81. The van der Waals surface area contributed by atoms with Gasteiger partial charge in [-0.05, 0) is 55.5 Å². The van der Waals surface area contributed by atoms with Crippen LogP contribution in [0.2, 0.25) is 0 Å². The van der Waals surface area contributed by atoms with Crippen molar-refractivity contribution in [2.45, 2.75) is 39.5 Å². The van der Waals surface area contributed by atoms with Crippen LogP contribution in [0.4, 0.5) is 13.2 Å². The maximum Gasteiger partial charge on any atom is 0.280 e. The van der Waals surface area contributed by atoms with Crippen molar-refractivity contribution in [3.8, 4) is 0 Å². The Morgan fingerprint density at radius 2 is 1.90 bits per heavy atom. The molecule has 1 amide bonds. The molecule has 3 aromatic rings. The third-order valence-electron chi connectivity index (χ3n) is 5.83. The summed E-state index contributed by atoms with van der Waals surface area (Å²) in [6.45, 7) is 6.18. The Kier molecular flexibility index (Phi) is 5.21. The molecule has 0 spiro atoms. The highest BCUT2D eigenvalue weighted by Crippen LogP contribution is 2.34. The van der Waals surface area contributed by atoms with E-state index in [0.29, 0.717) is 41.9 Å². The number of aromatic nitrogens is 4. The summed E-state index contributed by atoms with van der Waals surface area (Å²) in [5.74, 6) is -0.470. The molecule has 0 radical (unpaired) electrons. The van der Waals surface area contributed by atoms with E-state index in [-0.39, 0.29) is 35.0 Å². The fourth-order valence-electron chi connectivity index (χ4n) is 4.12. The molecule has 1 aliphatic rings. The predicted molar refractivity (Wildman–Crippen MR) is 104 cm³/mol. The molecule has 9 heteroatoms. The number of fused-ring (bicyclic) bond motifs is 1. The van der Waals surface area contributed by atoms with Gasteiger partial charge in [-0.15, -0.1) is 0 Å². The first-order valence-electron chi connectivity index (χ1n) is 9.81. The standard InChI is InChI=1S/C21H22F3N5O/c1-11-4-5-28(20(30)14-6-12(2)18(22)13(3)7-14)9-15(11)17-8-16(19(23)24)27-21-25-10-26-29(17)21/h6-8,10-11,15,19H,4-5,9H2,1-3H3/t11?,15-/m1/s1. The number of carbonyl (C=O) groups is 1. The summed E-state index contributed by atoms with van der Waals surface area (Å²) in [7, 11) is 0. The molecular weight excluding hydrogens is 395 g/mol. The molecule has 1 fully saturated rings. The lowest BCUT2D eigenvalue weighted by molar-refractivity contribution is 0.0665. The molecule has 1 unspecified atom stereocenters. The lowest BCUT2D eigenvalue weighted by Crippen LogP contribution is -2.42. The second kappa shape index (κ2) is 7.70. The predicted octanol–water partition coefficient (Wildman–Crippen LogP) is 4.08. The first-order chi connectivity index (χ1) is 14.3. The Balaban J connectivity index is 1.69. The van der Waals surface area contributed by atoms with E-state index in [4.69, 9.17) is 0 Å². The van der Waals surface area contributed by atoms with E-state index in [9.17, 15) is 18.0 Å². The van der Waals surface area contributed by atoms with Crippen LogP contribution >= 0.6 is 0 Å². The molecule has 1 saturated heterocycles. The lowest BCUT2D eigenvalue weighted by Gasteiger charge is -2.37. The van der Waals surface area contributed by atoms with Crippen LogP contribution in [0.25, 0.3) is 5.78 Å². The van der Waals surface area contributed by atoms with E-state index < -0.39 is 6.43 Å². The van der Waals surface area contributed by atoms with E-state index in [1.54, 1.807) is 30.9 Å². The molecule has 6 nitrogen and oxygen atoms in total. The molecule has 3 heterocycles. The molecule has 0 bridgehead atoms. The van der Waals surface area contributed by atoms with Crippen LogP contribution in [0.5, 0.6) is 0 Å². The van der Waals surface area contributed by atoms with Crippen LogP contribution in [0, 0.1) is 25.6 Å². The maximum atomic E-state index is 14.0. The first kappa shape index (κ1) is 20.3. The van der Waals surface area contributed by atoms with Gasteiger partial charge in [0.05, 0.1) is 5.69 Å². The molecule has 0 saturated carbocycles. The molecule has 0 N–H and O–H groups in total. The summed E-state index contributed by atoms with van der Waals surface area (Å²) >= 11 is 0. The maximum absolute atomic E-state index is 14.0. The average molecular weight is 417 g/mol. The lowest BCUT2D eigenvalue weighted by atomic mass is 9.84. The number of likely N-dealkylation sites (tertiary alicyclic amines) is 1. The van der Waals surface area contributed by atoms with E-state index in [1.165, 1.54) is 16.9 Å². The Morgan fingerprint density at radius 3 is 2.57 bits per heavy atom. The Labute approximate surface area is 171 Å². The van der Waals surface area contributed by atoms with Gasteiger partial charge in [-0.25, -0.2) is 22.7 Å². The molecule has 1 aliphatic heterocycles. The minimum Gasteiger partial charge on any atom is -0.338 e. The highest BCUT2D eigenvalue weighted by atomic mass is 19.3. The molecule has 2 atom stereocenters. The Morgan fingerprint density at radius 1 is 1.20 bits per heavy atom. The van der Waals surface area contributed by atoms with Gasteiger partial charge >= 0.3 is 0 Å². The second-order valence-corrected chi connectivity index (χ2v) is 7.93. The van der Waals surface area contributed by atoms with Gasteiger partial charge in [0, 0.05) is 24.6 Å². The molecule has 158 valence electrons. The van der Waals surface area contributed by atoms with Gasteiger partial charge in [0.15, 0.2) is 0 Å². The highest BCUT2D eigenvalue weighted by Gasteiger charge is 2.33. The Hall–Kier alpha value is -2.97. The summed E-state index contributed by atoms with van der Waals surface area (Å²) in [6.07, 6.45) is -0.744. The SMILES string of the molecule is Cc1cc(C(=O)N2CCC(C)[C@H](c3cc(C(F)F)nc4ncnn34)C2)cc(C)c1F. The minimum absolute atomic E-state index is 0.114. The van der Waals surface area contributed by atoms with Crippen molar-refractivity contribution < 1.29 is 18.0 Å². The van der Waals surface area contributed by atoms with E-state index >= 15 is 0 Å². The highest BCUT2D eigenvalue weighted by molar-refractivity contribution is 5.94. The average Bonchev–Trinajstić information content (AvgIpc) is 3.19. The molecule has 1 aromatic carbocycles. The number of hydrogen-bond acceptors (Lipinski definition) is 4. The number of carbonyl (C=O) groups excluding carboxylic acids is 1. The summed E-state index contributed by atoms with van der Waals surface area (Å²) < 4.78 is 42.2. The van der Waals surface area contributed by atoms with Crippen molar-refractivity contribution in [2.24, 2.45) is 5.92 Å². The summed E-state index contributed by atoms with van der Waals surface area (Å²) in [4.78, 5) is 22.7. The van der Waals surface area contributed by atoms with Crippen LogP contribution in [0.15, 0.2) is 24.5 Å². The fraction of sp³-hybridized carbons (Fsp3) is 0.429. The topological polar surface area (TPSA) is 63.4 Å². The number of nitrogens with zero attached hydrogens (tertiary/aromatic N) is 5. The monoisotopic (exact) mass is 417 g/mol. The number of piperidine rings is 1. The van der Waals surface area contributed by atoms with Crippen molar-refractivity contribution in [2.75, 3.05) is 13.1 Å². The summed E-state index contributed by atoms with van der Waals surface area (Å²) in [5, 5.41) is 4.14. The quantitative estimate of drug-likeness (QED) is 0.644. The van der Waals surface area contributed by atoms with Gasteiger partial charge in [-0.2, -0.15) is 10.1 Å². The number of rotatable bonds is 3. The van der Waals surface area contributed by atoms with Gasteiger partial charge < -0.3 is 4.90 Å². The smallest absolute Gasteiger partial charge is 0.280 e. The zero-order chi connectivity index (χ0) is 21.6. The van der Waals surface area contributed by atoms with Crippen LogP contribution < -0.4 is 0 Å². The van der Waals surface area contributed by atoms with E-state index in [1.807, 2.05) is 6.92 Å². The van der Waals surface area contributed by atoms with Crippen molar-refractivity contribution in [1.82, 2.24) is 24.5 Å². The minimum atomic E-state index is -2.73. The summed E-state index contributed by atoms with van der Waals surface area (Å²) in [6, 6.07) is 4.46. The Bertz CT molecular complexity index is 1090. The van der Waals surface area contributed by atoms with E-state index in [2.05, 4.69) is 15.1 Å². The van der Waals surface area contributed by atoms with Gasteiger partial charge in [0.1, 0.15) is 17.8 Å². The molecular formula is C21H22F3N5O. The van der Waals surface area contributed by atoms with Crippen molar-refractivity contribution >= 4 is 11.7 Å². The number of halogens is 3. The number of amides is 1. The fourth-order valence-corrected chi connectivity index (χ4v) is 4.12. The molecule has 30 heavy (non-hydrogen) atoms. The zero-order valence-electron chi connectivity index (χ0n) is 16.9. The number of aryl methyl sites for hydroxylation is 2. The van der Waals surface area contributed by atoms with Crippen molar-refractivity contribution in [1.29, 1.82) is 0 Å². The van der Waals surface area contributed by atoms with Gasteiger partial charge in [0.2, 0.25) is 0 Å². The molecule has 2 aromatic heterocycles. The van der Waals surface area contributed by atoms with Gasteiger partial charge in [-0.1, -0.05) is 6.92 Å². The van der Waals surface area contributed by atoms with Crippen LogP contribution in [0.1, 0.15) is 58.6 Å². The van der Waals surface area contributed by atoms with Gasteiger partial charge in [0.25, 0.3) is 18.1 Å². The van der Waals surface area contributed by atoms with Crippen LogP contribution in [-0.2, 0) is 0 Å². The number of alkyl halides is 2. The van der Waals surface area contributed by atoms with Crippen molar-refractivity contribution in [3.05, 3.63) is 58.4 Å². The second-order valence-electron chi connectivity index (χ2n) is 7.93. The van der Waals surface area contributed by atoms with Crippen LogP contribution in [0.3, 0.4) is 0 Å². The molecule has 0 aliphatic carbocycles. The van der Waals surface area contributed by atoms with Gasteiger partial charge in [-0.3, -0.25) is 4.79 Å². The largest absolute Gasteiger partial charge is 0.338 e. The number of benzene rings is 1. The molecule has 4 rings (SSSR count). The van der Waals surface area contributed by atoms with Crippen LogP contribution in [-0.4, -0.2) is 43.5 Å². The third kappa shape index (κ3) is 3.53.